The molecule has 6 heteroatoms. The quantitative estimate of drug-likeness (QED) is 0.762. The molecule has 6 nitrogen and oxygen atoms in total. The second kappa shape index (κ2) is 7.50. The lowest BCUT2D eigenvalue weighted by molar-refractivity contribution is 0.493. The van der Waals surface area contributed by atoms with Crippen LogP contribution in [0.5, 0.6) is 0 Å². The van der Waals surface area contributed by atoms with Crippen LogP contribution in [-0.4, -0.2) is 27.9 Å². The van der Waals surface area contributed by atoms with Crippen molar-refractivity contribution in [3.63, 3.8) is 0 Å². The van der Waals surface area contributed by atoms with Crippen molar-refractivity contribution in [1.29, 1.82) is 5.26 Å². The van der Waals surface area contributed by atoms with E-state index in [1.807, 2.05) is 30.3 Å². The lowest BCUT2D eigenvalue weighted by Crippen LogP contribution is -2.34. The van der Waals surface area contributed by atoms with Crippen LogP contribution in [0.25, 0.3) is 5.69 Å². The number of aromatic nitrogens is 3. The molecule has 1 aliphatic heterocycles. The molecule has 2 heterocycles. The van der Waals surface area contributed by atoms with Crippen LogP contribution in [0.4, 0.5) is 17.3 Å². The Morgan fingerprint density at radius 3 is 2.81 bits per heavy atom. The van der Waals surface area contributed by atoms with E-state index in [-0.39, 0.29) is 5.92 Å². The Labute approximate surface area is 159 Å². The van der Waals surface area contributed by atoms with Gasteiger partial charge in [0.2, 0.25) is 5.95 Å². The Morgan fingerprint density at radius 2 is 2.00 bits per heavy atom. The molecule has 0 amide bonds. The molecule has 1 saturated heterocycles. The molecule has 4 rings (SSSR count). The molecule has 0 radical (unpaired) electrons. The van der Waals surface area contributed by atoms with E-state index < -0.39 is 0 Å². The molecular weight excluding hydrogens is 336 g/mol. The number of hydrogen-bond acceptors (Lipinski definition) is 5. The van der Waals surface area contributed by atoms with Crippen LogP contribution in [0.1, 0.15) is 18.4 Å². The molecule has 136 valence electrons. The molecule has 27 heavy (non-hydrogen) atoms. The third kappa shape index (κ3) is 3.93. The van der Waals surface area contributed by atoms with E-state index in [9.17, 15) is 5.26 Å². The Bertz CT molecular complexity index is 956. The predicted molar refractivity (Wildman–Crippen MR) is 106 cm³/mol. The Morgan fingerprint density at radius 1 is 1.15 bits per heavy atom. The van der Waals surface area contributed by atoms with Gasteiger partial charge in [-0.15, -0.1) is 5.10 Å². The molecule has 1 fully saturated rings. The van der Waals surface area contributed by atoms with Gasteiger partial charge in [0, 0.05) is 24.5 Å². The van der Waals surface area contributed by atoms with Gasteiger partial charge < -0.3 is 10.2 Å². The van der Waals surface area contributed by atoms with E-state index in [0.717, 1.165) is 48.6 Å². The standard InChI is InChI=1S/C21H22N6/c1-16-10-18(12-20(11-16)26-9-5-6-17(13-22)14-26)24-21-23-15-27(25-21)19-7-3-2-4-8-19/h2-4,7-8,10-12,15,17H,5-6,9,14H2,1H3,(H,24,25). The second-order valence-electron chi connectivity index (χ2n) is 6.94. The summed E-state index contributed by atoms with van der Waals surface area (Å²) >= 11 is 0. The van der Waals surface area contributed by atoms with Crippen molar-refractivity contribution < 1.29 is 0 Å². The zero-order valence-corrected chi connectivity index (χ0v) is 15.3. The predicted octanol–water partition coefficient (Wildman–Crippen LogP) is 4.06. The topological polar surface area (TPSA) is 69.8 Å². The van der Waals surface area contributed by atoms with Crippen LogP contribution in [0.3, 0.4) is 0 Å². The molecule has 3 aromatic rings. The van der Waals surface area contributed by atoms with Gasteiger partial charge in [0.25, 0.3) is 0 Å². The van der Waals surface area contributed by atoms with Gasteiger partial charge in [0.15, 0.2) is 0 Å². The van der Waals surface area contributed by atoms with Crippen molar-refractivity contribution in [3.8, 4) is 11.8 Å². The van der Waals surface area contributed by atoms with Crippen molar-refractivity contribution in [2.24, 2.45) is 5.92 Å². The summed E-state index contributed by atoms with van der Waals surface area (Å²) in [5, 5.41) is 17.1. The van der Waals surface area contributed by atoms with Crippen LogP contribution >= 0.6 is 0 Å². The average molecular weight is 358 g/mol. The maximum absolute atomic E-state index is 9.25. The highest BCUT2D eigenvalue weighted by molar-refractivity contribution is 5.64. The van der Waals surface area contributed by atoms with Gasteiger partial charge in [-0.25, -0.2) is 4.68 Å². The average Bonchev–Trinajstić information content (AvgIpc) is 3.17. The molecule has 2 aromatic carbocycles. The molecule has 0 aliphatic carbocycles. The van der Waals surface area contributed by atoms with Crippen molar-refractivity contribution in [2.45, 2.75) is 19.8 Å². The van der Waals surface area contributed by atoms with Gasteiger partial charge >= 0.3 is 0 Å². The Balaban J connectivity index is 1.54. The van der Waals surface area contributed by atoms with Crippen LogP contribution in [0.2, 0.25) is 0 Å². The molecular formula is C21H22N6. The summed E-state index contributed by atoms with van der Waals surface area (Å²) in [5.41, 5.74) is 4.23. The van der Waals surface area contributed by atoms with E-state index >= 15 is 0 Å². The molecule has 1 N–H and O–H groups in total. The smallest absolute Gasteiger partial charge is 0.246 e. The Kier molecular flexibility index (Phi) is 4.75. The summed E-state index contributed by atoms with van der Waals surface area (Å²) in [6.07, 6.45) is 3.75. The number of hydrogen-bond donors (Lipinski definition) is 1. The van der Waals surface area contributed by atoms with Crippen LogP contribution < -0.4 is 10.2 Å². The number of nitrogens with one attached hydrogen (secondary N) is 1. The van der Waals surface area contributed by atoms with E-state index in [4.69, 9.17) is 0 Å². The van der Waals surface area contributed by atoms with Gasteiger partial charge in [-0.1, -0.05) is 18.2 Å². The number of nitrogens with zero attached hydrogens (tertiary/aromatic N) is 5. The van der Waals surface area contributed by atoms with Gasteiger partial charge in [-0.05, 0) is 55.7 Å². The number of aryl methyl sites for hydroxylation is 1. The van der Waals surface area contributed by atoms with Gasteiger partial charge in [-0.3, -0.25) is 0 Å². The first-order valence-electron chi connectivity index (χ1n) is 9.21. The van der Waals surface area contributed by atoms with Gasteiger partial charge in [-0.2, -0.15) is 10.2 Å². The van der Waals surface area contributed by atoms with E-state index in [2.05, 4.69) is 51.5 Å². The minimum absolute atomic E-state index is 0.110. The van der Waals surface area contributed by atoms with Crippen LogP contribution in [0.15, 0.2) is 54.9 Å². The fraction of sp³-hybridized carbons (Fsp3) is 0.286. The molecule has 1 aliphatic rings. The summed E-state index contributed by atoms with van der Waals surface area (Å²) in [6, 6.07) is 18.7. The largest absolute Gasteiger partial charge is 0.370 e. The molecule has 1 unspecified atom stereocenters. The number of anilines is 3. The molecule has 0 spiro atoms. The van der Waals surface area contributed by atoms with Gasteiger partial charge in [0.05, 0.1) is 17.7 Å². The second-order valence-corrected chi connectivity index (χ2v) is 6.94. The lowest BCUT2D eigenvalue weighted by Gasteiger charge is -2.32. The van der Waals surface area contributed by atoms with Gasteiger partial charge in [0.1, 0.15) is 6.33 Å². The fourth-order valence-corrected chi connectivity index (χ4v) is 3.49. The molecule has 0 bridgehead atoms. The summed E-state index contributed by atoms with van der Waals surface area (Å²) in [7, 11) is 0. The van der Waals surface area contributed by atoms with Crippen LogP contribution in [-0.2, 0) is 0 Å². The number of rotatable bonds is 4. The van der Waals surface area contributed by atoms with E-state index in [1.165, 1.54) is 0 Å². The monoisotopic (exact) mass is 358 g/mol. The van der Waals surface area contributed by atoms with E-state index in [0.29, 0.717) is 5.95 Å². The number of piperidine rings is 1. The summed E-state index contributed by atoms with van der Waals surface area (Å²) in [5.74, 6) is 0.669. The van der Waals surface area contributed by atoms with Crippen molar-refractivity contribution in [1.82, 2.24) is 14.8 Å². The highest BCUT2D eigenvalue weighted by atomic mass is 15.4. The van der Waals surface area contributed by atoms with Crippen molar-refractivity contribution in [2.75, 3.05) is 23.3 Å². The third-order valence-corrected chi connectivity index (χ3v) is 4.80. The first-order chi connectivity index (χ1) is 13.2. The number of benzene rings is 2. The van der Waals surface area contributed by atoms with E-state index in [1.54, 1.807) is 11.0 Å². The zero-order chi connectivity index (χ0) is 18.6. The summed E-state index contributed by atoms with van der Waals surface area (Å²) in [6.45, 7) is 3.86. The molecule has 0 saturated carbocycles. The SMILES string of the molecule is Cc1cc(Nc2ncn(-c3ccccc3)n2)cc(N2CCCC(C#N)C2)c1. The molecule has 1 atom stereocenters. The highest BCUT2D eigenvalue weighted by Gasteiger charge is 2.20. The first-order valence-corrected chi connectivity index (χ1v) is 9.21. The van der Waals surface area contributed by atoms with Crippen LogP contribution in [0, 0.1) is 24.2 Å². The lowest BCUT2D eigenvalue weighted by atomic mass is 9.99. The Hall–Kier alpha value is -3.33. The number of nitriles is 1. The third-order valence-electron chi connectivity index (χ3n) is 4.80. The maximum atomic E-state index is 9.25. The maximum Gasteiger partial charge on any atom is 0.246 e. The molecule has 1 aromatic heterocycles. The van der Waals surface area contributed by atoms with Crippen molar-refractivity contribution in [3.05, 3.63) is 60.4 Å². The fourth-order valence-electron chi connectivity index (χ4n) is 3.49. The first kappa shape index (κ1) is 17.1. The minimum Gasteiger partial charge on any atom is -0.370 e. The number of para-hydroxylation sites is 1. The zero-order valence-electron chi connectivity index (χ0n) is 15.3. The summed E-state index contributed by atoms with van der Waals surface area (Å²) in [4.78, 5) is 6.67. The van der Waals surface area contributed by atoms with Crippen molar-refractivity contribution >= 4 is 17.3 Å². The summed E-state index contributed by atoms with van der Waals surface area (Å²) < 4.78 is 1.75. The minimum atomic E-state index is 0.110. The highest BCUT2D eigenvalue weighted by Crippen LogP contribution is 2.28. The normalized spacial score (nSPS) is 16.7.